The fourth-order valence-electron chi connectivity index (χ4n) is 3.32. The number of nitrogens with one attached hydrogen (secondary N) is 1. The van der Waals surface area contributed by atoms with E-state index in [9.17, 15) is 9.59 Å². The number of likely N-dealkylation sites (tertiary alicyclic amines) is 1. The van der Waals surface area contributed by atoms with Gasteiger partial charge in [-0.15, -0.1) is 11.3 Å². The summed E-state index contributed by atoms with van der Waals surface area (Å²) in [7, 11) is 0. The molecule has 0 unspecified atom stereocenters. The highest BCUT2D eigenvalue weighted by molar-refractivity contribution is 7.11. The van der Waals surface area contributed by atoms with E-state index in [1.54, 1.807) is 11.3 Å². The quantitative estimate of drug-likeness (QED) is 0.899. The summed E-state index contributed by atoms with van der Waals surface area (Å²) in [6, 6.07) is 0. The van der Waals surface area contributed by atoms with Crippen molar-refractivity contribution >= 4 is 23.2 Å². The number of piperidine rings is 1. The summed E-state index contributed by atoms with van der Waals surface area (Å²) in [5.41, 5.74) is 1.08. The number of carbonyl (C=O) groups excluding carboxylic acids is 2. The normalized spacial score (nSPS) is 20.9. The maximum Gasteiger partial charge on any atom is 0.227 e. The van der Waals surface area contributed by atoms with Crippen LogP contribution < -0.4 is 5.32 Å². The van der Waals surface area contributed by atoms with Gasteiger partial charge in [0.25, 0.3) is 0 Å². The van der Waals surface area contributed by atoms with E-state index >= 15 is 0 Å². The number of aryl methyl sites for hydroxylation is 2. The molecule has 2 fully saturated rings. The van der Waals surface area contributed by atoms with E-state index in [-0.39, 0.29) is 17.2 Å². The topological polar surface area (TPSA) is 62.3 Å². The van der Waals surface area contributed by atoms with Crippen LogP contribution in [-0.4, -0.2) is 41.3 Å². The molecular weight excluding hydrogens is 286 g/mol. The number of carbonyl (C=O) groups is 2. The van der Waals surface area contributed by atoms with Gasteiger partial charge >= 0.3 is 0 Å². The molecule has 0 radical (unpaired) electrons. The second-order valence-electron chi connectivity index (χ2n) is 6.25. The molecule has 1 spiro atoms. The van der Waals surface area contributed by atoms with Gasteiger partial charge in [-0.1, -0.05) is 0 Å². The zero-order valence-electron chi connectivity index (χ0n) is 12.6. The molecule has 1 aromatic heterocycles. The largest absolute Gasteiger partial charge is 0.356 e. The minimum absolute atomic E-state index is 0.102. The van der Waals surface area contributed by atoms with E-state index in [1.807, 2.05) is 18.7 Å². The summed E-state index contributed by atoms with van der Waals surface area (Å²) >= 11 is 1.61. The van der Waals surface area contributed by atoms with Gasteiger partial charge in [-0.25, -0.2) is 4.98 Å². The standard InChI is InChI=1S/C15H21N3O2S/c1-10-12(21-11(2)17-10)7-14(20)18-5-3-15(4-6-18)8-13(19)16-9-15/h3-9H2,1-2H3,(H,16,19). The van der Waals surface area contributed by atoms with Crippen molar-refractivity contribution < 1.29 is 9.59 Å². The molecule has 3 heterocycles. The lowest BCUT2D eigenvalue weighted by molar-refractivity contribution is -0.132. The van der Waals surface area contributed by atoms with Crippen LogP contribution in [0, 0.1) is 19.3 Å². The molecular formula is C15H21N3O2S. The van der Waals surface area contributed by atoms with Crippen molar-refractivity contribution in [2.75, 3.05) is 19.6 Å². The Kier molecular flexibility index (Phi) is 3.73. The van der Waals surface area contributed by atoms with Crippen LogP contribution in [0.3, 0.4) is 0 Å². The molecule has 3 rings (SSSR count). The summed E-state index contributed by atoms with van der Waals surface area (Å²) in [4.78, 5) is 31.2. The molecule has 0 bridgehead atoms. The summed E-state index contributed by atoms with van der Waals surface area (Å²) in [5.74, 6) is 0.347. The number of thiazole rings is 1. The number of hydrogen-bond donors (Lipinski definition) is 1. The van der Waals surface area contributed by atoms with Crippen molar-refractivity contribution in [3.63, 3.8) is 0 Å². The first kappa shape index (κ1) is 14.5. The van der Waals surface area contributed by atoms with E-state index < -0.39 is 0 Å². The van der Waals surface area contributed by atoms with Gasteiger partial charge in [0.2, 0.25) is 11.8 Å². The smallest absolute Gasteiger partial charge is 0.227 e. The van der Waals surface area contributed by atoms with E-state index in [4.69, 9.17) is 0 Å². The number of rotatable bonds is 2. The molecule has 0 aromatic carbocycles. The van der Waals surface area contributed by atoms with Gasteiger partial charge in [0.05, 0.1) is 17.1 Å². The molecule has 21 heavy (non-hydrogen) atoms. The number of aromatic nitrogens is 1. The summed E-state index contributed by atoms with van der Waals surface area (Å²) < 4.78 is 0. The zero-order chi connectivity index (χ0) is 15.0. The molecule has 0 atom stereocenters. The first-order valence-electron chi connectivity index (χ1n) is 7.45. The lowest BCUT2D eigenvalue weighted by Gasteiger charge is -2.38. The second kappa shape index (κ2) is 5.40. The van der Waals surface area contributed by atoms with Crippen molar-refractivity contribution in [3.05, 3.63) is 15.6 Å². The summed E-state index contributed by atoms with van der Waals surface area (Å²) in [5, 5.41) is 3.94. The Morgan fingerprint density at radius 2 is 2.10 bits per heavy atom. The van der Waals surface area contributed by atoms with Crippen LogP contribution in [0.2, 0.25) is 0 Å². The summed E-state index contributed by atoms with van der Waals surface area (Å²) in [6.07, 6.45) is 2.94. The number of hydrogen-bond acceptors (Lipinski definition) is 4. The predicted octanol–water partition coefficient (Wildman–Crippen LogP) is 1.43. The van der Waals surface area contributed by atoms with Gasteiger partial charge in [0.15, 0.2) is 0 Å². The van der Waals surface area contributed by atoms with Gasteiger partial charge in [0.1, 0.15) is 0 Å². The van der Waals surface area contributed by atoms with Crippen molar-refractivity contribution in [2.24, 2.45) is 5.41 Å². The number of amides is 2. The van der Waals surface area contributed by atoms with Gasteiger partial charge in [-0.05, 0) is 32.1 Å². The first-order valence-corrected chi connectivity index (χ1v) is 8.26. The van der Waals surface area contributed by atoms with E-state index in [1.165, 1.54) is 0 Å². The van der Waals surface area contributed by atoms with Gasteiger partial charge in [-0.2, -0.15) is 0 Å². The molecule has 114 valence electrons. The van der Waals surface area contributed by atoms with Crippen LogP contribution in [0.5, 0.6) is 0 Å². The van der Waals surface area contributed by atoms with Crippen molar-refractivity contribution in [3.8, 4) is 0 Å². The molecule has 5 nitrogen and oxygen atoms in total. The van der Waals surface area contributed by atoms with Crippen LogP contribution in [-0.2, 0) is 16.0 Å². The average Bonchev–Trinajstić information content (AvgIpc) is 2.94. The fraction of sp³-hybridized carbons (Fsp3) is 0.667. The van der Waals surface area contributed by atoms with Crippen molar-refractivity contribution in [1.29, 1.82) is 0 Å². The molecule has 0 aliphatic carbocycles. The fourth-order valence-corrected chi connectivity index (χ4v) is 4.25. The predicted molar refractivity (Wildman–Crippen MR) is 81.2 cm³/mol. The average molecular weight is 307 g/mol. The van der Waals surface area contributed by atoms with E-state index in [0.29, 0.717) is 12.8 Å². The third-order valence-electron chi connectivity index (χ3n) is 4.68. The molecule has 6 heteroatoms. The Labute approximate surface area is 128 Å². The molecule has 2 aliphatic heterocycles. The highest BCUT2D eigenvalue weighted by Crippen LogP contribution is 2.37. The van der Waals surface area contributed by atoms with Crippen LogP contribution >= 0.6 is 11.3 Å². The Balaban J connectivity index is 1.58. The third-order valence-corrected chi connectivity index (χ3v) is 5.76. The summed E-state index contributed by atoms with van der Waals surface area (Å²) in [6.45, 7) is 6.25. The molecule has 0 saturated carbocycles. The van der Waals surface area contributed by atoms with Crippen LogP contribution in [0.15, 0.2) is 0 Å². The Bertz CT molecular complexity index is 573. The van der Waals surface area contributed by atoms with Crippen LogP contribution in [0.4, 0.5) is 0 Å². The Morgan fingerprint density at radius 1 is 1.38 bits per heavy atom. The maximum absolute atomic E-state index is 12.4. The van der Waals surface area contributed by atoms with Crippen molar-refractivity contribution in [1.82, 2.24) is 15.2 Å². The minimum atomic E-state index is 0.102. The first-order chi connectivity index (χ1) is 9.97. The zero-order valence-corrected chi connectivity index (χ0v) is 13.4. The van der Waals surface area contributed by atoms with Gasteiger partial charge in [0, 0.05) is 30.9 Å². The molecule has 2 saturated heterocycles. The number of nitrogens with zero attached hydrogens (tertiary/aromatic N) is 2. The Hall–Kier alpha value is -1.43. The third kappa shape index (κ3) is 2.95. The molecule has 2 aliphatic rings. The van der Waals surface area contributed by atoms with E-state index in [0.717, 1.165) is 48.1 Å². The lowest BCUT2D eigenvalue weighted by atomic mass is 9.77. The highest BCUT2D eigenvalue weighted by atomic mass is 32.1. The Morgan fingerprint density at radius 3 is 2.62 bits per heavy atom. The lowest BCUT2D eigenvalue weighted by Crippen LogP contribution is -2.44. The van der Waals surface area contributed by atoms with Gasteiger partial charge in [-0.3, -0.25) is 9.59 Å². The molecule has 1 aromatic rings. The maximum atomic E-state index is 12.4. The van der Waals surface area contributed by atoms with Crippen LogP contribution in [0.25, 0.3) is 0 Å². The second-order valence-corrected chi connectivity index (χ2v) is 7.54. The van der Waals surface area contributed by atoms with Crippen molar-refractivity contribution in [2.45, 2.75) is 39.5 Å². The van der Waals surface area contributed by atoms with Crippen LogP contribution in [0.1, 0.15) is 34.8 Å². The highest BCUT2D eigenvalue weighted by Gasteiger charge is 2.41. The van der Waals surface area contributed by atoms with E-state index in [2.05, 4.69) is 10.3 Å². The van der Waals surface area contributed by atoms with Gasteiger partial charge < -0.3 is 10.2 Å². The SMILES string of the molecule is Cc1nc(C)c(CC(=O)N2CCC3(CC2)CNC(=O)C3)s1. The monoisotopic (exact) mass is 307 g/mol. The molecule has 2 amide bonds. The minimum Gasteiger partial charge on any atom is -0.356 e. The molecule has 1 N–H and O–H groups in total.